The van der Waals surface area contributed by atoms with Crippen molar-refractivity contribution in [1.29, 1.82) is 0 Å². The van der Waals surface area contributed by atoms with E-state index < -0.39 is 10.8 Å². The molecule has 1 aliphatic carbocycles. The molecule has 7 nitrogen and oxygen atoms in total. The maximum Gasteiger partial charge on any atom is 0.181 e. The zero-order chi connectivity index (χ0) is 21.5. The van der Waals surface area contributed by atoms with Crippen molar-refractivity contribution in [2.24, 2.45) is 7.05 Å². The average Bonchev–Trinajstić information content (AvgIpc) is 3.25. The Labute approximate surface area is 187 Å². The standard InChI is InChI=1S/C22H25N5O2S2/c1-27-12-15-9-14(11-24-20(15)26-27)17-10-16(13-5-3-6-13)18-19(23)22(30-21(18)25-17)31(28)8-4-7-29-2/h9-13H,3-8,23H2,1-2H3/t31-/m0/s1. The van der Waals surface area contributed by atoms with Crippen LogP contribution in [0.15, 0.2) is 28.7 Å². The normalized spacial score (nSPS) is 15.5. The topological polar surface area (TPSA) is 95.9 Å². The Morgan fingerprint density at radius 3 is 2.94 bits per heavy atom. The second-order valence-corrected chi connectivity index (χ2v) is 10.8. The highest BCUT2D eigenvalue weighted by molar-refractivity contribution is 7.87. The lowest BCUT2D eigenvalue weighted by Gasteiger charge is -2.27. The van der Waals surface area contributed by atoms with Crippen LogP contribution < -0.4 is 5.73 Å². The van der Waals surface area contributed by atoms with E-state index in [4.69, 9.17) is 15.5 Å². The zero-order valence-corrected chi connectivity index (χ0v) is 19.3. The summed E-state index contributed by atoms with van der Waals surface area (Å²) in [4.78, 5) is 10.3. The van der Waals surface area contributed by atoms with E-state index >= 15 is 0 Å². The Bertz CT molecular complexity index is 1290. The Morgan fingerprint density at radius 2 is 2.19 bits per heavy atom. The number of fused-ring (bicyclic) bond motifs is 2. The first-order valence-corrected chi connectivity index (χ1v) is 12.6. The van der Waals surface area contributed by atoms with Crippen molar-refractivity contribution < 1.29 is 8.95 Å². The number of rotatable bonds is 7. The van der Waals surface area contributed by atoms with Crippen molar-refractivity contribution in [1.82, 2.24) is 19.7 Å². The summed E-state index contributed by atoms with van der Waals surface area (Å²) in [6.45, 7) is 0.593. The molecule has 0 aromatic carbocycles. The molecule has 9 heteroatoms. The van der Waals surface area contributed by atoms with Crippen molar-refractivity contribution in [3.63, 3.8) is 0 Å². The fraction of sp³-hybridized carbons (Fsp3) is 0.409. The lowest BCUT2D eigenvalue weighted by Crippen LogP contribution is -2.10. The van der Waals surface area contributed by atoms with Crippen LogP contribution in [0.25, 0.3) is 32.5 Å². The summed E-state index contributed by atoms with van der Waals surface area (Å²) in [6.07, 6.45) is 8.06. The van der Waals surface area contributed by atoms with Crippen molar-refractivity contribution in [2.45, 2.75) is 35.8 Å². The third-order valence-corrected chi connectivity index (χ3v) is 8.89. The number of hydrogen-bond donors (Lipinski definition) is 1. The van der Waals surface area contributed by atoms with Gasteiger partial charge in [-0.25, -0.2) is 9.97 Å². The van der Waals surface area contributed by atoms with E-state index in [0.29, 0.717) is 24.0 Å². The number of pyridine rings is 2. The smallest absolute Gasteiger partial charge is 0.181 e. The number of nitrogen functional groups attached to an aromatic ring is 1. The van der Waals surface area contributed by atoms with Gasteiger partial charge in [-0.1, -0.05) is 6.42 Å². The van der Waals surface area contributed by atoms with Crippen LogP contribution in [0.3, 0.4) is 0 Å². The van der Waals surface area contributed by atoms with Crippen LogP contribution in [0.5, 0.6) is 0 Å². The molecular weight excluding hydrogens is 430 g/mol. The third-order valence-electron chi connectivity index (χ3n) is 5.89. The molecule has 31 heavy (non-hydrogen) atoms. The van der Waals surface area contributed by atoms with Crippen molar-refractivity contribution >= 4 is 49.1 Å². The van der Waals surface area contributed by atoms with E-state index in [2.05, 4.69) is 22.2 Å². The number of aryl methyl sites for hydroxylation is 1. The minimum absolute atomic E-state index is 0.478. The summed E-state index contributed by atoms with van der Waals surface area (Å²) in [5, 5.41) is 6.33. The van der Waals surface area contributed by atoms with E-state index in [0.717, 1.165) is 56.0 Å². The molecule has 0 saturated heterocycles. The Hall–Kier alpha value is -2.36. The third kappa shape index (κ3) is 3.75. The maximum absolute atomic E-state index is 12.9. The summed E-state index contributed by atoms with van der Waals surface area (Å²) in [5.74, 6) is 1.02. The Morgan fingerprint density at radius 1 is 1.35 bits per heavy atom. The molecule has 162 valence electrons. The predicted molar refractivity (Wildman–Crippen MR) is 126 cm³/mol. The van der Waals surface area contributed by atoms with E-state index in [9.17, 15) is 4.21 Å². The van der Waals surface area contributed by atoms with Crippen LogP contribution in [0, 0.1) is 0 Å². The van der Waals surface area contributed by atoms with Gasteiger partial charge in [0.05, 0.1) is 22.2 Å². The molecule has 0 spiro atoms. The number of aromatic nitrogens is 4. The molecule has 0 amide bonds. The summed E-state index contributed by atoms with van der Waals surface area (Å²) in [7, 11) is 2.40. The molecule has 0 bridgehead atoms. The molecule has 5 rings (SSSR count). The van der Waals surface area contributed by atoms with Gasteiger partial charge in [0.2, 0.25) is 0 Å². The van der Waals surface area contributed by atoms with Crippen LogP contribution >= 0.6 is 11.3 Å². The van der Waals surface area contributed by atoms with Crippen LogP contribution in [0.4, 0.5) is 5.69 Å². The number of anilines is 1. The SMILES string of the molecule is COCCC[S@](=O)c1sc2nc(-c3cnc4nn(C)cc4c3)cc(C3CCC3)c2c1N. The van der Waals surface area contributed by atoms with Gasteiger partial charge >= 0.3 is 0 Å². The highest BCUT2D eigenvalue weighted by Gasteiger charge is 2.27. The van der Waals surface area contributed by atoms with E-state index in [1.54, 1.807) is 11.8 Å². The van der Waals surface area contributed by atoms with Crippen molar-refractivity contribution in [3.8, 4) is 11.3 Å². The fourth-order valence-corrected chi connectivity index (χ4v) is 6.72. The highest BCUT2D eigenvalue weighted by Crippen LogP contribution is 2.46. The molecule has 1 fully saturated rings. The van der Waals surface area contributed by atoms with Crippen LogP contribution in [0.2, 0.25) is 0 Å². The molecular formula is C22H25N5O2S2. The Kier molecular flexibility index (Phi) is 5.49. The average molecular weight is 456 g/mol. The number of ether oxygens (including phenoxy) is 1. The van der Waals surface area contributed by atoms with Crippen molar-refractivity contribution in [3.05, 3.63) is 30.1 Å². The second kappa shape index (κ2) is 8.29. The highest BCUT2D eigenvalue weighted by atomic mass is 32.2. The number of nitrogens with two attached hydrogens (primary N) is 1. The van der Waals surface area contributed by atoms with Gasteiger partial charge in [-0.2, -0.15) is 5.10 Å². The van der Waals surface area contributed by atoms with Gasteiger partial charge < -0.3 is 10.5 Å². The van der Waals surface area contributed by atoms with Gasteiger partial charge in [0.1, 0.15) is 9.04 Å². The van der Waals surface area contributed by atoms with E-state index in [1.165, 1.54) is 23.3 Å². The first-order valence-electron chi connectivity index (χ1n) is 10.4. The number of hydrogen-bond acceptors (Lipinski definition) is 7. The largest absolute Gasteiger partial charge is 0.396 e. The molecule has 4 aromatic heterocycles. The molecule has 1 aliphatic rings. The zero-order valence-electron chi connectivity index (χ0n) is 17.6. The minimum atomic E-state index is -1.15. The van der Waals surface area contributed by atoms with Gasteiger partial charge in [-0.05, 0) is 42.9 Å². The summed E-state index contributed by atoms with van der Waals surface area (Å²) in [5.41, 5.74) is 11.0. The molecule has 0 unspecified atom stereocenters. The number of methoxy groups -OCH3 is 1. The molecule has 0 aliphatic heterocycles. The van der Waals surface area contributed by atoms with E-state index in [-0.39, 0.29) is 0 Å². The van der Waals surface area contributed by atoms with E-state index in [1.807, 2.05) is 19.4 Å². The quantitative estimate of drug-likeness (QED) is 0.419. The minimum Gasteiger partial charge on any atom is -0.396 e. The number of thiophene rings is 1. The first kappa shape index (κ1) is 20.5. The van der Waals surface area contributed by atoms with Gasteiger partial charge in [0, 0.05) is 55.2 Å². The van der Waals surface area contributed by atoms with Gasteiger partial charge in [-0.3, -0.25) is 8.89 Å². The van der Waals surface area contributed by atoms with Gasteiger partial charge in [0.25, 0.3) is 0 Å². The molecule has 1 atom stereocenters. The molecule has 4 heterocycles. The monoisotopic (exact) mass is 455 g/mol. The molecule has 1 saturated carbocycles. The molecule has 2 N–H and O–H groups in total. The summed E-state index contributed by atoms with van der Waals surface area (Å²) >= 11 is 1.46. The predicted octanol–water partition coefficient (Wildman–Crippen LogP) is 4.24. The number of nitrogens with zero attached hydrogens (tertiary/aromatic N) is 4. The molecule has 4 aromatic rings. The first-order chi connectivity index (χ1) is 15.0. The summed E-state index contributed by atoms with van der Waals surface area (Å²) < 4.78 is 20.5. The van der Waals surface area contributed by atoms with Crippen molar-refractivity contribution in [2.75, 3.05) is 25.2 Å². The summed E-state index contributed by atoms with van der Waals surface area (Å²) in [6, 6.07) is 4.24. The molecule has 0 radical (unpaired) electrons. The van der Waals surface area contributed by atoms with Gasteiger partial charge in [-0.15, -0.1) is 11.3 Å². The maximum atomic E-state index is 12.9. The van der Waals surface area contributed by atoms with Crippen LogP contribution in [-0.4, -0.2) is 43.4 Å². The Balaban J connectivity index is 1.62. The second-order valence-electron chi connectivity index (χ2n) is 8.04. The van der Waals surface area contributed by atoms with Crippen LogP contribution in [0.1, 0.15) is 37.2 Å². The lowest BCUT2D eigenvalue weighted by molar-refractivity contribution is 0.200. The lowest BCUT2D eigenvalue weighted by atomic mass is 9.79. The van der Waals surface area contributed by atoms with Crippen LogP contribution in [-0.2, 0) is 22.6 Å². The fourth-order valence-electron chi connectivity index (χ4n) is 4.09. The van der Waals surface area contributed by atoms with Gasteiger partial charge in [0.15, 0.2) is 5.65 Å².